The highest BCUT2D eigenvalue weighted by Crippen LogP contribution is 2.29. The number of anilines is 1. The van der Waals surface area contributed by atoms with Crippen molar-refractivity contribution >= 4 is 41.2 Å². The Labute approximate surface area is 166 Å². The van der Waals surface area contributed by atoms with E-state index < -0.39 is 17.8 Å². The molecule has 1 fully saturated rings. The average molecular weight is 395 g/mol. The van der Waals surface area contributed by atoms with E-state index in [0.29, 0.717) is 27.6 Å². The zero-order valence-corrected chi connectivity index (χ0v) is 15.6. The number of rotatable bonds is 4. The summed E-state index contributed by atoms with van der Waals surface area (Å²) in [6, 6.07) is 10.7. The number of halogens is 1. The Morgan fingerprint density at radius 1 is 1.18 bits per heavy atom. The van der Waals surface area contributed by atoms with Crippen molar-refractivity contribution in [3.05, 3.63) is 64.2 Å². The maximum atomic E-state index is 12.9. The molecule has 3 rings (SSSR count). The Hall–Kier alpha value is -3.56. The summed E-state index contributed by atoms with van der Waals surface area (Å²) in [7, 11) is 0. The van der Waals surface area contributed by atoms with E-state index in [9.17, 15) is 14.4 Å². The minimum absolute atomic E-state index is 0.136. The van der Waals surface area contributed by atoms with Gasteiger partial charge in [0.1, 0.15) is 17.9 Å². The fraction of sp³-hybridized carbons (Fsp3) is 0.0952. The fourth-order valence-electron chi connectivity index (χ4n) is 2.67. The molecule has 1 aliphatic heterocycles. The Morgan fingerprint density at radius 3 is 2.57 bits per heavy atom. The van der Waals surface area contributed by atoms with Gasteiger partial charge in [-0.1, -0.05) is 35.7 Å². The van der Waals surface area contributed by atoms with E-state index in [4.69, 9.17) is 22.8 Å². The van der Waals surface area contributed by atoms with Gasteiger partial charge in [0, 0.05) is 5.02 Å². The molecule has 0 aliphatic carbocycles. The van der Waals surface area contributed by atoms with Gasteiger partial charge in [0.05, 0.1) is 5.69 Å². The van der Waals surface area contributed by atoms with Gasteiger partial charge in [-0.25, -0.2) is 9.69 Å². The molecule has 0 saturated carbocycles. The Balaban J connectivity index is 1.95. The van der Waals surface area contributed by atoms with Crippen molar-refractivity contribution in [1.82, 2.24) is 5.32 Å². The largest absolute Gasteiger partial charge is 0.481 e. The highest BCUT2D eigenvalue weighted by Gasteiger charge is 2.37. The normalized spacial score (nSPS) is 15.4. The predicted molar refractivity (Wildman–Crippen MR) is 106 cm³/mol. The lowest BCUT2D eigenvalue weighted by Gasteiger charge is -2.27. The van der Waals surface area contributed by atoms with Crippen molar-refractivity contribution < 1.29 is 19.1 Å². The summed E-state index contributed by atoms with van der Waals surface area (Å²) in [5.74, 6) is 1.43. The summed E-state index contributed by atoms with van der Waals surface area (Å²) in [5.41, 5.74) is 1.28. The molecule has 1 saturated heterocycles. The van der Waals surface area contributed by atoms with Crippen LogP contribution in [0.4, 0.5) is 10.5 Å². The molecule has 0 bridgehead atoms. The van der Waals surface area contributed by atoms with Crippen LogP contribution in [0.5, 0.6) is 5.75 Å². The highest BCUT2D eigenvalue weighted by atomic mass is 35.5. The van der Waals surface area contributed by atoms with Gasteiger partial charge in [0.25, 0.3) is 11.8 Å². The Bertz CT molecular complexity index is 1040. The lowest BCUT2D eigenvalue weighted by atomic mass is 10.1. The number of nitrogens with one attached hydrogen (secondary N) is 1. The molecule has 0 radical (unpaired) electrons. The van der Waals surface area contributed by atoms with Crippen molar-refractivity contribution in [2.75, 3.05) is 11.5 Å². The second-order valence-corrected chi connectivity index (χ2v) is 6.31. The van der Waals surface area contributed by atoms with Crippen molar-refractivity contribution in [3.63, 3.8) is 0 Å². The number of urea groups is 1. The van der Waals surface area contributed by atoms with Crippen LogP contribution in [0, 0.1) is 19.3 Å². The molecule has 0 spiro atoms. The van der Waals surface area contributed by atoms with E-state index in [0.717, 1.165) is 4.90 Å². The van der Waals surface area contributed by atoms with Crippen LogP contribution < -0.4 is 15.0 Å². The second-order valence-electron chi connectivity index (χ2n) is 5.90. The smallest absolute Gasteiger partial charge is 0.335 e. The minimum Gasteiger partial charge on any atom is -0.481 e. The molecule has 1 heterocycles. The van der Waals surface area contributed by atoms with Crippen molar-refractivity contribution in [3.8, 4) is 18.1 Å². The Kier molecular flexibility index (Phi) is 5.48. The minimum atomic E-state index is -0.824. The van der Waals surface area contributed by atoms with E-state index in [1.807, 2.05) is 0 Å². The van der Waals surface area contributed by atoms with Crippen LogP contribution in [0.1, 0.15) is 11.1 Å². The summed E-state index contributed by atoms with van der Waals surface area (Å²) in [4.78, 5) is 38.3. The van der Waals surface area contributed by atoms with Crippen LogP contribution in [0.25, 0.3) is 6.08 Å². The third-order valence-corrected chi connectivity index (χ3v) is 4.50. The van der Waals surface area contributed by atoms with Gasteiger partial charge >= 0.3 is 6.03 Å². The van der Waals surface area contributed by atoms with Gasteiger partial charge < -0.3 is 4.74 Å². The molecule has 1 N–H and O–H groups in total. The van der Waals surface area contributed by atoms with Gasteiger partial charge in [0.15, 0.2) is 0 Å². The molecule has 4 amide bonds. The molecule has 2 aromatic rings. The predicted octanol–water partition coefficient (Wildman–Crippen LogP) is 3.33. The maximum absolute atomic E-state index is 12.9. The number of hydrogen-bond donors (Lipinski definition) is 1. The number of hydrogen-bond acceptors (Lipinski definition) is 4. The lowest BCUT2D eigenvalue weighted by molar-refractivity contribution is -0.122. The third-order valence-electron chi connectivity index (χ3n) is 4.09. The van der Waals surface area contributed by atoms with Crippen LogP contribution in [-0.2, 0) is 9.59 Å². The molecule has 6 nitrogen and oxygen atoms in total. The van der Waals surface area contributed by atoms with Crippen LogP contribution >= 0.6 is 11.6 Å². The molecule has 2 aromatic carbocycles. The Morgan fingerprint density at radius 2 is 1.89 bits per heavy atom. The van der Waals surface area contributed by atoms with Gasteiger partial charge in [-0.2, -0.15) is 0 Å². The number of terminal acetylenes is 1. The maximum Gasteiger partial charge on any atom is 0.335 e. The quantitative estimate of drug-likeness (QED) is 0.490. The van der Waals surface area contributed by atoms with Crippen molar-refractivity contribution in [2.45, 2.75) is 6.92 Å². The standard InChI is InChI=1S/C21H15ClN2O4/c1-3-11-28-15-9-7-14(8-10-15)12-16-19(25)23-21(27)24(20(16)26)18-6-4-5-17(22)13(18)2/h1,4-10,12H,11H2,2H3,(H,23,25,27)/b16-12+. The zero-order chi connectivity index (χ0) is 20.3. The molecule has 1 aliphatic rings. The lowest BCUT2D eigenvalue weighted by Crippen LogP contribution is -2.54. The third kappa shape index (κ3) is 3.75. The molecule has 28 heavy (non-hydrogen) atoms. The molecule has 0 aromatic heterocycles. The van der Waals surface area contributed by atoms with E-state index in [1.165, 1.54) is 6.08 Å². The van der Waals surface area contributed by atoms with Crippen molar-refractivity contribution in [2.24, 2.45) is 0 Å². The molecule has 140 valence electrons. The van der Waals surface area contributed by atoms with E-state index in [2.05, 4.69) is 11.2 Å². The van der Waals surface area contributed by atoms with Gasteiger partial charge in [-0.15, -0.1) is 6.42 Å². The summed E-state index contributed by atoms with van der Waals surface area (Å²) in [6.07, 6.45) is 6.55. The van der Waals surface area contributed by atoms with Gasteiger partial charge in [-0.3, -0.25) is 14.9 Å². The summed E-state index contributed by atoms with van der Waals surface area (Å²) in [6.45, 7) is 1.82. The number of carbonyl (C=O) groups is 3. The topological polar surface area (TPSA) is 75.7 Å². The first kappa shape index (κ1) is 19.2. The van der Waals surface area contributed by atoms with Gasteiger partial charge in [0.2, 0.25) is 0 Å². The number of barbiturate groups is 1. The monoisotopic (exact) mass is 394 g/mol. The number of carbonyl (C=O) groups excluding carboxylic acids is 3. The number of imide groups is 2. The second kappa shape index (κ2) is 7.99. The van der Waals surface area contributed by atoms with Crippen LogP contribution in [0.15, 0.2) is 48.0 Å². The first-order valence-electron chi connectivity index (χ1n) is 8.25. The first-order valence-corrected chi connectivity index (χ1v) is 8.63. The van der Waals surface area contributed by atoms with E-state index >= 15 is 0 Å². The summed E-state index contributed by atoms with van der Waals surface area (Å²) in [5, 5.41) is 2.59. The number of ether oxygens (including phenoxy) is 1. The molecule has 0 atom stereocenters. The number of benzene rings is 2. The van der Waals surface area contributed by atoms with E-state index in [-0.39, 0.29) is 12.2 Å². The van der Waals surface area contributed by atoms with E-state index in [1.54, 1.807) is 49.4 Å². The molecular weight excluding hydrogens is 380 g/mol. The highest BCUT2D eigenvalue weighted by molar-refractivity contribution is 6.39. The van der Waals surface area contributed by atoms with Crippen molar-refractivity contribution in [1.29, 1.82) is 0 Å². The average Bonchev–Trinajstić information content (AvgIpc) is 2.67. The molecule has 0 unspecified atom stereocenters. The molecular formula is C21H15ClN2O4. The SMILES string of the molecule is C#CCOc1ccc(/C=C2\C(=O)NC(=O)N(c3cccc(Cl)c3C)C2=O)cc1. The first-order chi connectivity index (χ1) is 13.4. The summed E-state index contributed by atoms with van der Waals surface area (Å²) >= 11 is 6.10. The summed E-state index contributed by atoms with van der Waals surface area (Å²) < 4.78 is 5.29. The number of nitrogens with zero attached hydrogens (tertiary/aromatic N) is 1. The van der Waals surface area contributed by atoms with Crippen LogP contribution in [0.3, 0.4) is 0 Å². The van der Waals surface area contributed by atoms with Gasteiger partial charge in [-0.05, 0) is 48.4 Å². The fourth-order valence-corrected chi connectivity index (χ4v) is 2.84. The van der Waals surface area contributed by atoms with Crippen LogP contribution in [-0.4, -0.2) is 24.5 Å². The molecule has 7 heteroatoms. The number of amides is 4. The zero-order valence-electron chi connectivity index (χ0n) is 14.9. The van der Waals surface area contributed by atoms with Crippen LogP contribution in [0.2, 0.25) is 5.02 Å².